The van der Waals surface area contributed by atoms with Crippen LogP contribution in [-0.4, -0.2) is 146 Å². The molecule has 3 saturated heterocycles. The van der Waals surface area contributed by atoms with E-state index < -0.39 is 108 Å². The van der Waals surface area contributed by atoms with Crippen molar-refractivity contribution in [3.8, 4) is 0 Å². The number of fused-ring (bicyclic) bond motifs is 5. The van der Waals surface area contributed by atoms with Crippen molar-refractivity contribution in [2.24, 2.45) is 28.6 Å². The van der Waals surface area contributed by atoms with E-state index >= 15 is 0 Å². The first-order valence-electron chi connectivity index (χ1n) is 23.9. The number of hydrogen-bond acceptors (Lipinski definition) is 15. The molecule has 6 fully saturated rings. The van der Waals surface area contributed by atoms with Crippen LogP contribution in [0.15, 0.2) is 23.3 Å². The fourth-order valence-corrected chi connectivity index (χ4v) is 13.0. The molecule has 20 atom stereocenters. The number of esters is 1. The molecule has 15 heteroatoms. The first-order valence-corrected chi connectivity index (χ1v) is 23.9. The van der Waals surface area contributed by atoms with Gasteiger partial charge in [-0.25, -0.2) is 4.79 Å². The van der Waals surface area contributed by atoms with Gasteiger partial charge in [0, 0.05) is 63.9 Å². The van der Waals surface area contributed by atoms with Gasteiger partial charge in [-0.05, 0) is 90.9 Å². The minimum atomic E-state index is -1.65. The Kier molecular flexibility index (Phi) is 15.1. The van der Waals surface area contributed by atoms with Crippen LogP contribution in [0.1, 0.15) is 127 Å². The van der Waals surface area contributed by atoms with Crippen molar-refractivity contribution in [2.75, 3.05) is 21.3 Å². The van der Waals surface area contributed by atoms with E-state index in [2.05, 4.69) is 13.0 Å². The van der Waals surface area contributed by atoms with Crippen LogP contribution in [-0.2, 0) is 57.0 Å². The lowest BCUT2D eigenvalue weighted by atomic mass is 9.43. The molecule has 0 amide bonds. The van der Waals surface area contributed by atoms with Crippen LogP contribution in [0.4, 0.5) is 0 Å². The summed E-state index contributed by atoms with van der Waals surface area (Å²) in [4.78, 5) is 26.7. The van der Waals surface area contributed by atoms with E-state index in [4.69, 9.17) is 47.4 Å². The Balaban J connectivity index is 0.998. The van der Waals surface area contributed by atoms with Crippen LogP contribution >= 0.6 is 0 Å². The van der Waals surface area contributed by atoms with Gasteiger partial charge in [-0.2, -0.15) is 0 Å². The summed E-state index contributed by atoms with van der Waals surface area (Å²) in [6.07, 6.45) is 1.32. The molecule has 64 heavy (non-hydrogen) atoms. The molecule has 3 heterocycles. The fourth-order valence-electron chi connectivity index (χ4n) is 13.0. The maximum absolute atomic E-state index is 13.5. The summed E-state index contributed by atoms with van der Waals surface area (Å²) in [6, 6.07) is 0. The Morgan fingerprint density at radius 3 is 1.88 bits per heavy atom. The third-order valence-corrected chi connectivity index (χ3v) is 17.2. The van der Waals surface area contributed by atoms with Crippen LogP contribution < -0.4 is 0 Å². The number of rotatable bonds is 13. The van der Waals surface area contributed by atoms with Crippen molar-refractivity contribution in [2.45, 2.75) is 224 Å². The van der Waals surface area contributed by atoms with Crippen molar-refractivity contribution < 1.29 is 72.3 Å². The van der Waals surface area contributed by atoms with E-state index in [0.717, 1.165) is 11.1 Å². The van der Waals surface area contributed by atoms with Gasteiger partial charge in [0.15, 0.2) is 18.9 Å². The minimum Gasteiger partial charge on any atom is -0.458 e. The van der Waals surface area contributed by atoms with E-state index in [-0.39, 0.29) is 42.9 Å². The largest absolute Gasteiger partial charge is 0.458 e. The number of ether oxygens (including phenoxy) is 10. The minimum absolute atomic E-state index is 0.0697. The van der Waals surface area contributed by atoms with Gasteiger partial charge in [0.25, 0.3) is 0 Å². The van der Waals surface area contributed by atoms with Gasteiger partial charge in [-0.15, -0.1) is 0 Å². The summed E-state index contributed by atoms with van der Waals surface area (Å²) < 4.78 is 62.3. The zero-order valence-electron chi connectivity index (χ0n) is 40.3. The molecule has 0 bridgehead atoms. The molecule has 7 aliphatic rings. The summed E-state index contributed by atoms with van der Waals surface area (Å²) in [5.74, 6) is -1.39. The third-order valence-electron chi connectivity index (χ3n) is 17.2. The molecule has 0 aromatic rings. The number of carbonyl (C=O) groups is 2. The van der Waals surface area contributed by atoms with E-state index in [1.54, 1.807) is 28.3 Å². The normalized spacial score (nSPS) is 48.5. The zero-order chi connectivity index (χ0) is 46.7. The predicted octanol–water partition coefficient (Wildman–Crippen LogP) is 5.47. The van der Waals surface area contributed by atoms with E-state index in [1.807, 2.05) is 41.5 Å². The van der Waals surface area contributed by atoms with Crippen molar-refractivity contribution in [3.05, 3.63) is 23.3 Å². The Hall–Kier alpha value is -1.86. The quantitative estimate of drug-likeness (QED) is 0.120. The summed E-state index contributed by atoms with van der Waals surface area (Å²) >= 11 is 0. The number of carbonyl (C=O) groups excluding carboxylic acids is 2. The number of aliphatic hydroxyl groups is 3. The highest BCUT2D eigenvalue weighted by Crippen LogP contribution is 2.70. The Bertz CT molecular complexity index is 1740. The number of methoxy groups -OCH3 is 3. The average molecular weight is 907 g/mol. The highest BCUT2D eigenvalue weighted by Gasteiger charge is 2.77. The van der Waals surface area contributed by atoms with E-state index in [0.29, 0.717) is 51.4 Å². The van der Waals surface area contributed by atoms with Crippen molar-refractivity contribution >= 4 is 11.8 Å². The standard InChI is InChI=1S/C49H78O15/c1-25(2)26(3)19-39(51)62-38-24-37-46(8)16-14-32(20-31(46)13-17-48(37,53)49(54)18-15-33(27(4)50)47(38,49)9)61-40-22-35(56-11)44(29(6)59-40)64-42-23-36(57-12)45(30(7)60-42)63-41-21-34(55-10)43(52)28(5)58-41/h13,19,25,28-30,32-38,40-45,52-54H,14-18,20-24H2,1-12H3/b26-19+/t28-,29-,30-,32+,33-,34-,35+,36+,37-,38-,40+,41+,42+,43-,44-,45-,46+,47+,48+,49-/m1/s1. The molecule has 3 N–H and O–H groups in total. The molecule has 0 aromatic heterocycles. The number of aliphatic hydroxyl groups excluding tert-OH is 1. The second kappa shape index (κ2) is 19.3. The Morgan fingerprint density at radius 2 is 1.33 bits per heavy atom. The molecule has 7 rings (SSSR count). The number of Topliss-reactive ketones (excluding diaryl/α,β-unsaturated/α-hetero) is 1. The van der Waals surface area contributed by atoms with Gasteiger partial charge in [0.2, 0.25) is 0 Å². The lowest BCUT2D eigenvalue weighted by Gasteiger charge is -2.66. The third kappa shape index (κ3) is 8.85. The molecule has 4 aliphatic carbocycles. The van der Waals surface area contributed by atoms with Gasteiger partial charge in [0.1, 0.15) is 41.4 Å². The summed E-state index contributed by atoms with van der Waals surface area (Å²) in [7, 11) is 4.87. The molecule has 3 aliphatic heterocycles. The maximum Gasteiger partial charge on any atom is 0.330 e. The SMILES string of the molecule is CO[C@H]1C[C@H](O[C@H]2CC[C@@]3(C)C(=CC[C@]4(O)[C@@H]3C[C@@H](OC(=O)/C=C(\C)C(C)C)[C@]3(C)[C@@H](C(C)=O)CC[C@@]34O)C2)O[C@H](C)[C@H]1O[C@H]1C[C@H](OC)[C@H](O[C@H]2C[C@@H](OC)[C@H](O)[C@@H](C)O2)[C@@H](C)O1. The van der Waals surface area contributed by atoms with Gasteiger partial charge >= 0.3 is 5.97 Å². The maximum atomic E-state index is 13.5. The molecule has 0 radical (unpaired) electrons. The summed E-state index contributed by atoms with van der Waals surface area (Å²) in [5.41, 5.74) is -2.81. The Labute approximate surface area is 380 Å². The number of hydrogen-bond donors (Lipinski definition) is 3. The van der Waals surface area contributed by atoms with Crippen LogP contribution in [0, 0.1) is 28.6 Å². The summed E-state index contributed by atoms with van der Waals surface area (Å²) in [6.45, 7) is 17.1. The second-order valence-corrected chi connectivity index (χ2v) is 20.9. The number of allylic oxidation sites excluding steroid dienone is 1. The van der Waals surface area contributed by atoms with Crippen LogP contribution in [0.2, 0.25) is 0 Å². The average Bonchev–Trinajstić information content (AvgIpc) is 3.54. The topological polar surface area (TPSA) is 187 Å². The van der Waals surface area contributed by atoms with Crippen molar-refractivity contribution in [3.63, 3.8) is 0 Å². The van der Waals surface area contributed by atoms with Crippen molar-refractivity contribution in [1.29, 1.82) is 0 Å². The molecular weight excluding hydrogens is 829 g/mol. The molecule has 0 unspecified atom stereocenters. The fraction of sp³-hybridized carbons (Fsp3) is 0.878. The lowest BCUT2D eigenvalue weighted by Crippen LogP contribution is -2.75. The van der Waals surface area contributed by atoms with Gasteiger partial charge < -0.3 is 62.7 Å². The lowest BCUT2D eigenvalue weighted by molar-refractivity contribution is -0.338. The van der Waals surface area contributed by atoms with Gasteiger partial charge in [0.05, 0.1) is 42.7 Å². The molecule has 364 valence electrons. The highest BCUT2D eigenvalue weighted by molar-refractivity contribution is 5.83. The van der Waals surface area contributed by atoms with Crippen molar-refractivity contribution in [1.82, 2.24) is 0 Å². The molecule has 0 aromatic carbocycles. The zero-order valence-corrected chi connectivity index (χ0v) is 40.3. The highest BCUT2D eigenvalue weighted by atomic mass is 16.7. The monoisotopic (exact) mass is 907 g/mol. The van der Waals surface area contributed by atoms with E-state index in [1.165, 1.54) is 13.0 Å². The predicted molar refractivity (Wildman–Crippen MR) is 233 cm³/mol. The second-order valence-electron chi connectivity index (χ2n) is 20.9. The first kappa shape index (κ1) is 50.0. The Morgan fingerprint density at radius 1 is 0.781 bits per heavy atom. The van der Waals surface area contributed by atoms with Crippen LogP contribution in [0.25, 0.3) is 0 Å². The van der Waals surface area contributed by atoms with Crippen LogP contribution in [0.3, 0.4) is 0 Å². The van der Waals surface area contributed by atoms with Gasteiger partial charge in [-0.1, -0.05) is 44.9 Å². The van der Waals surface area contributed by atoms with Crippen LogP contribution in [0.5, 0.6) is 0 Å². The molecule has 15 nitrogen and oxygen atoms in total. The molecule has 0 spiro atoms. The van der Waals surface area contributed by atoms with Gasteiger partial charge in [-0.3, -0.25) is 4.79 Å². The van der Waals surface area contributed by atoms with E-state index in [9.17, 15) is 24.9 Å². The first-order chi connectivity index (χ1) is 30.1. The molecular formula is C49H78O15. The number of ketones is 1. The molecule has 3 saturated carbocycles. The smallest absolute Gasteiger partial charge is 0.330 e. The summed E-state index contributed by atoms with van der Waals surface area (Å²) in [5, 5.41) is 36.2.